The van der Waals surface area contributed by atoms with Crippen LogP contribution in [0.2, 0.25) is 0 Å². The topological polar surface area (TPSA) is 180 Å². The number of rotatable bonds is 4. The first-order chi connectivity index (χ1) is 10.8. The van der Waals surface area contributed by atoms with Gasteiger partial charge in [-0.05, 0) is 0 Å². The van der Waals surface area contributed by atoms with Crippen molar-refractivity contribution in [2.45, 2.75) is 59.7 Å². The van der Waals surface area contributed by atoms with E-state index in [1.807, 2.05) is 0 Å². The minimum absolute atomic E-state index is 0.482. The summed E-state index contributed by atoms with van der Waals surface area (Å²) in [4.78, 5) is 0. The summed E-state index contributed by atoms with van der Waals surface area (Å²) in [5.41, 5.74) is -1.17. The molecule has 0 spiro atoms. The standard InChI is InChI=1S/C12H22O10S/c13-1-3-5(15)7(17)9(19)11(21-3)22-12-10(20)8(18)6(16)4(2-14)23-12/h3-20H,1-2H2/t3?,4?,5-,6-,7?,8?,9?,10?,11-,12+/m1/s1. The van der Waals surface area contributed by atoms with Crippen molar-refractivity contribution in [3.8, 4) is 0 Å². The van der Waals surface area contributed by atoms with Gasteiger partial charge in [-0.25, -0.2) is 0 Å². The number of hydrogen-bond donors (Lipinski definition) is 8. The first-order valence-electron chi connectivity index (χ1n) is 7.08. The third-order valence-electron chi connectivity index (χ3n) is 3.97. The molecule has 23 heavy (non-hydrogen) atoms. The van der Waals surface area contributed by atoms with E-state index < -0.39 is 72.9 Å². The summed E-state index contributed by atoms with van der Waals surface area (Å²) in [6.07, 6.45) is -12.0. The maximum atomic E-state index is 9.94. The van der Waals surface area contributed by atoms with Crippen molar-refractivity contribution in [3.05, 3.63) is 0 Å². The number of thioether (sulfide) groups is 1. The average Bonchev–Trinajstić information content (AvgIpc) is 2.55. The van der Waals surface area contributed by atoms with E-state index in [1.165, 1.54) is 0 Å². The summed E-state index contributed by atoms with van der Waals surface area (Å²) in [5, 5.41) is 76.1. The van der Waals surface area contributed by atoms with E-state index in [2.05, 4.69) is 0 Å². The summed E-state index contributed by atoms with van der Waals surface area (Å²) in [5.74, 6) is 0. The Morgan fingerprint density at radius 2 is 1.35 bits per heavy atom. The van der Waals surface area contributed by atoms with Crippen molar-refractivity contribution >= 4 is 11.8 Å². The molecule has 2 fully saturated rings. The predicted molar refractivity (Wildman–Crippen MR) is 75.1 cm³/mol. The van der Waals surface area contributed by atoms with Crippen molar-refractivity contribution in [1.29, 1.82) is 0 Å². The summed E-state index contributed by atoms with van der Waals surface area (Å²) in [6, 6.07) is 0. The molecule has 8 N–H and O–H groups in total. The zero-order valence-electron chi connectivity index (χ0n) is 12.0. The third-order valence-corrected chi connectivity index (χ3v) is 5.40. The zero-order chi connectivity index (χ0) is 17.3. The Morgan fingerprint density at radius 1 is 0.739 bits per heavy atom. The van der Waals surface area contributed by atoms with Crippen LogP contribution >= 0.6 is 11.8 Å². The fraction of sp³-hybridized carbons (Fsp3) is 1.00. The van der Waals surface area contributed by atoms with Gasteiger partial charge in [0.15, 0.2) is 6.29 Å². The Balaban J connectivity index is 2.07. The van der Waals surface area contributed by atoms with Gasteiger partial charge in [0.1, 0.15) is 42.1 Å². The van der Waals surface area contributed by atoms with Crippen molar-refractivity contribution in [1.82, 2.24) is 0 Å². The van der Waals surface area contributed by atoms with E-state index in [-0.39, 0.29) is 0 Å². The lowest BCUT2D eigenvalue weighted by Crippen LogP contribution is -2.61. The van der Waals surface area contributed by atoms with E-state index in [1.54, 1.807) is 0 Å². The minimum Gasteiger partial charge on any atom is -0.395 e. The van der Waals surface area contributed by atoms with Gasteiger partial charge in [-0.15, -0.1) is 11.8 Å². The molecule has 0 aromatic rings. The Hall–Kier alpha value is -0.0500. The highest BCUT2D eigenvalue weighted by Gasteiger charge is 2.49. The minimum atomic E-state index is -1.66. The van der Waals surface area contributed by atoms with Crippen LogP contribution in [0.25, 0.3) is 0 Å². The Morgan fingerprint density at radius 3 is 1.91 bits per heavy atom. The Labute approximate surface area is 135 Å². The van der Waals surface area contributed by atoms with Crippen molar-refractivity contribution in [3.63, 3.8) is 0 Å². The van der Waals surface area contributed by atoms with E-state index in [4.69, 9.17) is 14.6 Å². The number of aliphatic hydroxyl groups excluding tert-OH is 8. The number of ether oxygens (including phenoxy) is 2. The lowest BCUT2D eigenvalue weighted by molar-refractivity contribution is -0.311. The summed E-state index contributed by atoms with van der Waals surface area (Å²) < 4.78 is 10.5. The zero-order valence-corrected chi connectivity index (χ0v) is 12.8. The quantitative estimate of drug-likeness (QED) is 0.242. The molecule has 6 unspecified atom stereocenters. The monoisotopic (exact) mass is 358 g/mol. The van der Waals surface area contributed by atoms with Crippen LogP contribution in [-0.2, 0) is 9.47 Å². The van der Waals surface area contributed by atoms with Gasteiger partial charge in [-0.2, -0.15) is 0 Å². The average molecular weight is 358 g/mol. The molecule has 0 aliphatic carbocycles. The van der Waals surface area contributed by atoms with E-state index in [0.717, 1.165) is 11.8 Å². The molecule has 2 rings (SSSR count). The molecule has 10 atom stereocenters. The Bertz CT molecular complexity index is 349. The van der Waals surface area contributed by atoms with E-state index in [0.29, 0.717) is 0 Å². The van der Waals surface area contributed by atoms with Gasteiger partial charge in [0.2, 0.25) is 0 Å². The second kappa shape index (κ2) is 7.89. The van der Waals surface area contributed by atoms with Gasteiger partial charge in [-0.1, -0.05) is 0 Å². The van der Waals surface area contributed by atoms with Crippen molar-refractivity contribution in [2.75, 3.05) is 13.2 Å². The van der Waals surface area contributed by atoms with Gasteiger partial charge in [0, 0.05) is 0 Å². The second-order valence-electron chi connectivity index (χ2n) is 5.53. The molecule has 2 saturated heterocycles. The maximum Gasteiger partial charge on any atom is 0.188 e. The molecular weight excluding hydrogens is 336 g/mol. The Kier molecular flexibility index (Phi) is 6.61. The third kappa shape index (κ3) is 3.80. The molecule has 0 aromatic carbocycles. The van der Waals surface area contributed by atoms with Crippen LogP contribution in [0.5, 0.6) is 0 Å². The van der Waals surface area contributed by atoms with Gasteiger partial charge in [0.05, 0.1) is 24.6 Å². The normalized spacial score (nSPS) is 51.7. The molecule has 0 radical (unpaired) electrons. The van der Waals surface area contributed by atoms with Crippen molar-refractivity contribution < 1.29 is 50.3 Å². The maximum absolute atomic E-state index is 9.94. The first-order valence-corrected chi connectivity index (χ1v) is 8.02. The summed E-state index contributed by atoms with van der Waals surface area (Å²) in [7, 11) is 0. The highest BCUT2D eigenvalue weighted by molar-refractivity contribution is 8.00. The molecule has 0 saturated carbocycles. The van der Waals surface area contributed by atoms with Crippen LogP contribution in [0.3, 0.4) is 0 Å². The number of aliphatic hydroxyl groups is 8. The first kappa shape index (κ1) is 19.3. The van der Waals surface area contributed by atoms with Crippen LogP contribution in [0.1, 0.15) is 0 Å². The van der Waals surface area contributed by atoms with Crippen LogP contribution in [-0.4, -0.2) is 114 Å². The van der Waals surface area contributed by atoms with Crippen molar-refractivity contribution in [2.24, 2.45) is 0 Å². The molecular formula is C12H22O10S. The fourth-order valence-corrected chi connectivity index (χ4v) is 3.74. The molecule has 0 bridgehead atoms. The van der Waals surface area contributed by atoms with Gasteiger partial charge < -0.3 is 50.3 Å². The van der Waals surface area contributed by atoms with Gasteiger partial charge in [0.25, 0.3) is 0 Å². The SMILES string of the molecule is OCC1O[C@H](O[C@H]2SC(CO)[C@@H](O)C(O)C2O)C(O)C(O)[C@@H]1O. The van der Waals surface area contributed by atoms with Crippen LogP contribution in [0, 0.1) is 0 Å². The van der Waals surface area contributed by atoms with E-state index in [9.17, 15) is 35.7 Å². The van der Waals surface area contributed by atoms with Crippen LogP contribution in [0.4, 0.5) is 0 Å². The van der Waals surface area contributed by atoms with Gasteiger partial charge in [-0.3, -0.25) is 0 Å². The molecule has 0 amide bonds. The molecule has 0 aromatic heterocycles. The molecule has 136 valence electrons. The van der Waals surface area contributed by atoms with Gasteiger partial charge >= 0.3 is 0 Å². The number of hydrogen-bond acceptors (Lipinski definition) is 11. The lowest BCUT2D eigenvalue weighted by Gasteiger charge is -2.44. The molecule has 2 heterocycles. The largest absolute Gasteiger partial charge is 0.395 e. The molecule has 11 heteroatoms. The predicted octanol–water partition coefficient (Wildman–Crippen LogP) is -4.68. The second-order valence-corrected chi connectivity index (χ2v) is 6.87. The van der Waals surface area contributed by atoms with Crippen LogP contribution in [0.15, 0.2) is 0 Å². The fourth-order valence-electron chi connectivity index (χ4n) is 2.49. The molecule has 10 nitrogen and oxygen atoms in total. The summed E-state index contributed by atoms with van der Waals surface area (Å²) in [6.45, 7) is -1.12. The summed E-state index contributed by atoms with van der Waals surface area (Å²) >= 11 is 0.828. The smallest absolute Gasteiger partial charge is 0.188 e. The van der Waals surface area contributed by atoms with E-state index >= 15 is 0 Å². The molecule has 2 aliphatic rings. The lowest BCUT2D eigenvalue weighted by atomic mass is 9.99. The molecule has 2 aliphatic heterocycles. The highest BCUT2D eigenvalue weighted by atomic mass is 32.2. The highest BCUT2D eigenvalue weighted by Crippen LogP contribution is 2.35. The van der Waals surface area contributed by atoms with Crippen LogP contribution < -0.4 is 0 Å².